The molecule has 1 saturated heterocycles. The van der Waals surface area contributed by atoms with Gasteiger partial charge in [-0.2, -0.15) is 0 Å². The maximum atomic E-state index is 13.4. The summed E-state index contributed by atoms with van der Waals surface area (Å²) in [5.74, 6) is 0.504. The Morgan fingerprint density at radius 1 is 1.38 bits per heavy atom. The molecule has 1 aromatic rings. The molecule has 0 saturated carbocycles. The van der Waals surface area contributed by atoms with Gasteiger partial charge in [0.25, 0.3) is 0 Å². The minimum Gasteiger partial charge on any atom is -0.505 e. The first kappa shape index (κ1) is 18.5. The fraction of sp³-hybridized carbons (Fsp3) is 0.611. The van der Waals surface area contributed by atoms with E-state index in [4.69, 9.17) is 0 Å². The van der Waals surface area contributed by atoms with Gasteiger partial charge in [0.05, 0.1) is 0 Å². The van der Waals surface area contributed by atoms with Gasteiger partial charge in [-0.15, -0.1) is 0 Å². The van der Waals surface area contributed by atoms with Crippen molar-refractivity contribution in [3.8, 4) is 5.75 Å². The summed E-state index contributed by atoms with van der Waals surface area (Å²) in [4.78, 5) is 6.75. The van der Waals surface area contributed by atoms with E-state index in [1.165, 1.54) is 12.1 Å². The molecule has 0 radical (unpaired) electrons. The minimum atomic E-state index is -0.602. The topological polar surface area (TPSA) is 59.9 Å². The molecule has 1 fully saturated rings. The highest BCUT2D eigenvalue weighted by atomic mass is 19.1. The predicted octanol–water partition coefficient (Wildman–Crippen LogP) is 2.32. The Kier molecular flexibility index (Phi) is 6.85. The summed E-state index contributed by atoms with van der Waals surface area (Å²) in [5.41, 5.74) is 0.764. The summed E-state index contributed by atoms with van der Waals surface area (Å²) in [7, 11) is 1.74. The molecule has 2 rings (SSSR count). The van der Waals surface area contributed by atoms with E-state index in [1.807, 2.05) is 0 Å². The fourth-order valence-electron chi connectivity index (χ4n) is 3.01. The molecule has 0 unspecified atom stereocenters. The maximum absolute atomic E-state index is 13.4. The Hall–Kier alpha value is -1.82. The van der Waals surface area contributed by atoms with Crippen LogP contribution in [0, 0.1) is 11.7 Å². The molecule has 1 heterocycles. The van der Waals surface area contributed by atoms with Gasteiger partial charge in [-0.1, -0.05) is 19.9 Å². The second kappa shape index (κ2) is 8.87. The molecular weight excluding hydrogens is 307 g/mol. The molecule has 0 bridgehead atoms. The van der Waals surface area contributed by atoms with Crippen molar-refractivity contribution in [2.45, 2.75) is 39.3 Å². The lowest BCUT2D eigenvalue weighted by Crippen LogP contribution is -2.48. The molecule has 24 heavy (non-hydrogen) atoms. The quantitative estimate of drug-likeness (QED) is 0.570. The summed E-state index contributed by atoms with van der Waals surface area (Å²) in [6.07, 6.45) is 2.20. The number of phenolic OH excluding ortho intramolecular Hbond substituents is 1. The van der Waals surface area contributed by atoms with E-state index < -0.39 is 5.82 Å². The van der Waals surface area contributed by atoms with Crippen LogP contribution in [0.1, 0.15) is 32.3 Å². The number of halogens is 1. The largest absolute Gasteiger partial charge is 0.505 e. The van der Waals surface area contributed by atoms with Crippen LogP contribution in [-0.2, 0) is 6.54 Å². The molecule has 0 aliphatic carbocycles. The third-order valence-electron chi connectivity index (χ3n) is 4.25. The van der Waals surface area contributed by atoms with Crippen molar-refractivity contribution in [1.29, 1.82) is 0 Å². The highest BCUT2D eigenvalue weighted by Crippen LogP contribution is 2.16. The van der Waals surface area contributed by atoms with Crippen molar-refractivity contribution in [2.24, 2.45) is 10.9 Å². The maximum Gasteiger partial charge on any atom is 0.191 e. The number of piperidine rings is 1. The van der Waals surface area contributed by atoms with E-state index in [9.17, 15) is 9.50 Å². The standard InChI is InChI=1S/C18H29FN4O/c1-13(2)12-23-8-6-15(7-9-23)22-18(20-3)21-11-14-4-5-17(24)16(19)10-14/h4-5,10,13,15,24H,6-9,11-12H2,1-3H3,(H2,20,21,22). The zero-order valence-corrected chi connectivity index (χ0v) is 14.8. The number of nitrogens with one attached hydrogen (secondary N) is 2. The first-order chi connectivity index (χ1) is 11.5. The molecule has 1 aromatic carbocycles. The van der Waals surface area contributed by atoms with Crippen LogP contribution in [-0.4, -0.2) is 48.7 Å². The number of benzene rings is 1. The van der Waals surface area contributed by atoms with Gasteiger partial charge in [-0.3, -0.25) is 4.99 Å². The molecule has 6 heteroatoms. The lowest BCUT2D eigenvalue weighted by Gasteiger charge is -2.34. The Morgan fingerprint density at radius 3 is 2.67 bits per heavy atom. The van der Waals surface area contributed by atoms with Crippen molar-refractivity contribution in [3.05, 3.63) is 29.6 Å². The first-order valence-corrected chi connectivity index (χ1v) is 8.65. The predicted molar refractivity (Wildman–Crippen MR) is 95.7 cm³/mol. The number of nitrogens with zero attached hydrogens (tertiary/aromatic N) is 2. The SMILES string of the molecule is CN=C(NCc1ccc(O)c(F)c1)NC1CCN(CC(C)C)CC1. The van der Waals surface area contributed by atoms with Gasteiger partial charge in [0.1, 0.15) is 0 Å². The number of guanidine groups is 1. The second-order valence-corrected chi connectivity index (χ2v) is 6.82. The summed E-state index contributed by atoms with van der Waals surface area (Å²) >= 11 is 0. The molecule has 134 valence electrons. The number of rotatable bonds is 5. The first-order valence-electron chi connectivity index (χ1n) is 8.65. The Morgan fingerprint density at radius 2 is 2.08 bits per heavy atom. The summed E-state index contributed by atoms with van der Waals surface area (Å²) < 4.78 is 13.4. The van der Waals surface area contributed by atoms with Gasteiger partial charge in [0.15, 0.2) is 17.5 Å². The smallest absolute Gasteiger partial charge is 0.191 e. The number of aromatic hydroxyl groups is 1. The zero-order valence-electron chi connectivity index (χ0n) is 14.8. The van der Waals surface area contributed by atoms with Crippen molar-refractivity contribution >= 4 is 5.96 Å². The molecule has 0 spiro atoms. The van der Waals surface area contributed by atoms with E-state index in [2.05, 4.69) is 34.4 Å². The van der Waals surface area contributed by atoms with E-state index in [1.54, 1.807) is 13.1 Å². The van der Waals surface area contributed by atoms with Crippen LogP contribution in [0.5, 0.6) is 5.75 Å². The van der Waals surface area contributed by atoms with Gasteiger partial charge in [-0.05, 0) is 36.5 Å². The average molecular weight is 336 g/mol. The fourth-order valence-corrected chi connectivity index (χ4v) is 3.01. The van der Waals surface area contributed by atoms with Crippen LogP contribution in [0.15, 0.2) is 23.2 Å². The van der Waals surface area contributed by atoms with E-state index >= 15 is 0 Å². The molecule has 1 aliphatic heterocycles. The van der Waals surface area contributed by atoms with Crippen LogP contribution < -0.4 is 10.6 Å². The van der Waals surface area contributed by atoms with E-state index in [-0.39, 0.29) is 5.75 Å². The average Bonchev–Trinajstić information content (AvgIpc) is 2.55. The van der Waals surface area contributed by atoms with Crippen molar-refractivity contribution in [2.75, 3.05) is 26.7 Å². The lowest BCUT2D eigenvalue weighted by atomic mass is 10.0. The molecule has 0 aromatic heterocycles. The zero-order chi connectivity index (χ0) is 17.5. The second-order valence-electron chi connectivity index (χ2n) is 6.82. The van der Waals surface area contributed by atoms with Gasteiger partial charge in [0.2, 0.25) is 0 Å². The van der Waals surface area contributed by atoms with Gasteiger partial charge >= 0.3 is 0 Å². The van der Waals surface area contributed by atoms with Crippen LogP contribution in [0.25, 0.3) is 0 Å². The Labute approximate surface area is 144 Å². The summed E-state index contributed by atoms with van der Waals surface area (Å²) in [6.45, 7) is 8.34. The Bertz CT molecular complexity index is 554. The van der Waals surface area contributed by atoms with Crippen LogP contribution in [0.3, 0.4) is 0 Å². The van der Waals surface area contributed by atoms with Crippen LogP contribution in [0.4, 0.5) is 4.39 Å². The van der Waals surface area contributed by atoms with Crippen molar-refractivity contribution < 1.29 is 9.50 Å². The van der Waals surface area contributed by atoms with Gasteiger partial charge in [-0.25, -0.2) is 4.39 Å². The monoisotopic (exact) mass is 336 g/mol. The van der Waals surface area contributed by atoms with Gasteiger partial charge < -0.3 is 20.6 Å². The molecule has 1 aliphatic rings. The highest BCUT2D eigenvalue weighted by Gasteiger charge is 2.20. The molecule has 0 atom stereocenters. The summed E-state index contributed by atoms with van der Waals surface area (Å²) in [6, 6.07) is 4.81. The lowest BCUT2D eigenvalue weighted by molar-refractivity contribution is 0.187. The third kappa shape index (κ3) is 5.67. The number of phenols is 1. The molecule has 3 N–H and O–H groups in total. The number of likely N-dealkylation sites (tertiary alicyclic amines) is 1. The van der Waals surface area contributed by atoms with Gasteiger partial charge in [0, 0.05) is 39.3 Å². The van der Waals surface area contributed by atoms with Crippen molar-refractivity contribution in [3.63, 3.8) is 0 Å². The number of aliphatic imine (C=N–C) groups is 1. The third-order valence-corrected chi connectivity index (χ3v) is 4.25. The molecule has 0 amide bonds. The molecule has 5 nitrogen and oxygen atoms in total. The van der Waals surface area contributed by atoms with Crippen LogP contribution in [0.2, 0.25) is 0 Å². The minimum absolute atomic E-state index is 0.325. The number of hydrogen-bond donors (Lipinski definition) is 3. The molecular formula is C18H29FN4O. The Balaban J connectivity index is 1.77. The normalized spacial score (nSPS) is 17.3. The summed E-state index contributed by atoms with van der Waals surface area (Å²) in [5, 5.41) is 15.9. The van der Waals surface area contributed by atoms with E-state index in [0.29, 0.717) is 18.5 Å². The van der Waals surface area contributed by atoms with E-state index in [0.717, 1.165) is 44.0 Å². The van der Waals surface area contributed by atoms with Crippen molar-refractivity contribution in [1.82, 2.24) is 15.5 Å². The van der Waals surface area contributed by atoms with Crippen LogP contribution >= 0.6 is 0 Å². The number of hydrogen-bond acceptors (Lipinski definition) is 3. The highest BCUT2D eigenvalue weighted by molar-refractivity contribution is 5.79.